The molecule has 3 aromatic rings. The van der Waals surface area contributed by atoms with Crippen molar-refractivity contribution in [2.24, 2.45) is 10.2 Å². The summed E-state index contributed by atoms with van der Waals surface area (Å²) in [4.78, 5) is 11.3. The number of azo groups is 1. The summed E-state index contributed by atoms with van der Waals surface area (Å²) in [7, 11) is 1.58. The molecule has 3 aromatic carbocycles. The molecule has 6 heteroatoms. The van der Waals surface area contributed by atoms with E-state index < -0.39 is 5.97 Å². The fraction of sp³-hybridized carbons (Fsp3) is 0.0556. The van der Waals surface area contributed by atoms with E-state index in [0.29, 0.717) is 27.9 Å². The summed E-state index contributed by atoms with van der Waals surface area (Å²) in [6.07, 6.45) is 0. The largest absolute Gasteiger partial charge is 0.506 e. The van der Waals surface area contributed by atoms with E-state index in [1.807, 2.05) is 0 Å². The van der Waals surface area contributed by atoms with Crippen LogP contribution in [0.25, 0.3) is 10.8 Å². The molecule has 2 N–H and O–H groups in total. The summed E-state index contributed by atoms with van der Waals surface area (Å²) < 4.78 is 5.08. The van der Waals surface area contributed by atoms with Crippen molar-refractivity contribution in [3.8, 4) is 11.5 Å². The van der Waals surface area contributed by atoms with Gasteiger partial charge < -0.3 is 14.9 Å². The fourth-order valence-electron chi connectivity index (χ4n) is 2.35. The van der Waals surface area contributed by atoms with Crippen molar-refractivity contribution in [1.29, 1.82) is 0 Å². The van der Waals surface area contributed by atoms with E-state index in [1.54, 1.807) is 55.6 Å². The lowest BCUT2D eigenvalue weighted by atomic mass is 10.0. The Labute approximate surface area is 137 Å². The number of benzene rings is 3. The minimum Gasteiger partial charge on any atom is -0.506 e. The standard InChI is InChI=1S/C18H14N2O4/c1-24-12-8-6-11(7-9-12)19-20-16-10-15(18(22)23)17(21)14-5-3-2-4-13(14)16/h2-10,21H,1H3,(H,22,23). The molecule has 0 saturated carbocycles. The maximum atomic E-state index is 11.3. The highest BCUT2D eigenvalue weighted by Gasteiger charge is 2.16. The van der Waals surface area contributed by atoms with Gasteiger partial charge in [-0.1, -0.05) is 24.3 Å². The number of carbonyl (C=O) groups is 1. The molecular formula is C18H14N2O4. The van der Waals surface area contributed by atoms with Gasteiger partial charge in [-0.15, -0.1) is 5.11 Å². The van der Waals surface area contributed by atoms with Crippen LogP contribution in [0.2, 0.25) is 0 Å². The zero-order valence-electron chi connectivity index (χ0n) is 12.8. The maximum absolute atomic E-state index is 11.3. The molecule has 0 radical (unpaired) electrons. The Kier molecular flexibility index (Phi) is 4.11. The summed E-state index contributed by atoms with van der Waals surface area (Å²) in [5.41, 5.74) is 0.763. The predicted molar refractivity (Wildman–Crippen MR) is 89.7 cm³/mol. The lowest BCUT2D eigenvalue weighted by molar-refractivity contribution is 0.0694. The topological polar surface area (TPSA) is 91.5 Å². The van der Waals surface area contributed by atoms with Crippen molar-refractivity contribution in [2.75, 3.05) is 7.11 Å². The van der Waals surface area contributed by atoms with E-state index in [2.05, 4.69) is 10.2 Å². The maximum Gasteiger partial charge on any atom is 0.339 e. The van der Waals surface area contributed by atoms with E-state index in [0.717, 1.165) is 0 Å². The van der Waals surface area contributed by atoms with Crippen LogP contribution in [0.3, 0.4) is 0 Å². The van der Waals surface area contributed by atoms with Gasteiger partial charge >= 0.3 is 5.97 Å². The third-order valence-corrected chi connectivity index (χ3v) is 3.57. The molecule has 0 aromatic heterocycles. The number of ether oxygens (including phenoxy) is 1. The number of aromatic hydroxyl groups is 1. The fourth-order valence-corrected chi connectivity index (χ4v) is 2.35. The number of hydrogen-bond donors (Lipinski definition) is 2. The SMILES string of the molecule is COc1ccc(N=Nc2cc(C(=O)O)c(O)c3ccccc23)cc1. The molecule has 24 heavy (non-hydrogen) atoms. The summed E-state index contributed by atoms with van der Waals surface area (Å²) >= 11 is 0. The molecule has 0 bridgehead atoms. The summed E-state index contributed by atoms with van der Waals surface area (Å²) in [6, 6.07) is 15.2. The normalized spacial score (nSPS) is 11.0. The third-order valence-electron chi connectivity index (χ3n) is 3.57. The van der Waals surface area contributed by atoms with Crippen molar-refractivity contribution in [3.05, 3.63) is 60.2 Å². The highest BCUT2D eigenvalue weighted by atomic mass is 16.5. The smallest absolute Gasteiger partial charge is 0.339 e. The van der Waals surface area contributed by atoms with Crippen LogP contribution in [0.5, 0.6) is 11.5 Å². The molecule has 0 spiro atoms. The van der Waals surface area contributed by atoms with Gasteiger partial charge in [-0.05, 0) is 30.3 Å². The molecule has 0 aliphatic carbocycles. The number of phenols is 1. The molecule has 0 atom stereocenters. The van der Waals surface area contributed by atoms with Gasteiger partial charge in [0.15, 0.2) is 0 Å². The van der Waals surface area contributed by atoms with Gasteiger partial charge in [0.2, 0.25) is 0 Å². The molecule has 3 rings (SSSR count). The lowest BCUT2D eigenvalue weighted by Crippen LogP contribution is -1.97. The van der Waals surface area contributed by atoms with Gasteiger partial charge in [-0.3, -0.25) is 0 Å². The van der Waals surface area contributed by atoms with E-state index in [9.17, 15) is 15.0 Å². The summed E-state index contributed by atoms with van der Waals surface area (Å²) in [5, 5.41) is 28.7. The van der Waals surface area contributed by atoms with Gasteiger partial charge in [0.05, 0.1) is 18.5 Å². The zero-order valence-corrected chi connectivity index (χ0v) is 12.8. The molecular weight excluding hydrogens is 308 g/mol. The molecule has 0 saturated heterocycles. The molecule has 0 unspecified atom stereocenters. The van der Waals surface area contributed by atoms with E-state index >= 15 is 0 Å². The van der Waals surface area contributed by atoms with Crippen molar-refractivity contribution in [1.82, 2.24) is 0 Å². The molecule has 0 aliphatic rings. The van der Waals surface area contributed by atoms with Crippen molar-refractivity contribution < 1.29 is 19.7 Å². The van der Waals surface area contributed by atoms with Crippen LogP contribution in [0.1, 0.15) is 10.4 Å². The van der Waals surface area contributed by atoms with Crippen LogP contribution in [0.15, 0.2) is 64.8 Å². The number of aromatic carboxylic acids is 1. The zero-order chi connectivity index (χ0) is 17.1. The number of fused-ring (bicyclic) bond motifs is 1. The average molecular weight is 322 g/mol. The number of carboxylic acid groups (broad SMARTS) is 1. The van der Waals surface area contributed by atoms with Crippen LogP contribution in [0.4, 0.5) is 11.4 Å². The molecule has 0 amide bonds. The second-order valence-electron chi connectivity index (χ2n) is 5.04. The second-order valence-corrected chi connectivity index (χ2v) is 5.04. The Morgan fingerprint density at radius 3 is 2.29 bits per heavy atom. The number of rotatable bonds is 4. The molecule has 0 aliphatic heterocycles. The average Bonchev–Trinajstić information content (AvgIpc) is 2.61. The Hall–Kier alpha value is -3.41. The van der Waals surface area contributed by atoms with Crippen LogP contribution >= 0.6 is 0 Å². The number of methoxy groups -OCH3 is 1. The van der Waals surface area contributed by atoms with Gasteiger partial charge in [0, 0.05) is 10.8 Å². The minimum atomic E-state index is -1.22. The first-order chi connectivity index (χ1) is 11.6. The van der Waals surface area contributed by atoms with Crippen LogP contribution in [-0.2, 0) is 0 Å². The Balaban J connectivity index is 2.09. The first-order valence-electron chi connectivity index (χ1n) is 7.14. The van der Waals surface area contributed by atoms with E-state index in [-0.39, 0.29) is 11.3 Å². The number of carboxylic acids is 1. The van der Waals surface area contributed by atoms with Gasteiger partial charge in [-0.2, -0.15) is 5.11 Å². The quantitative estimate of drug-likeness (QED) is 0.683. The monoisotopic (exact) mass is 322 g/mol. The summed E-state index contributed by atoms with van der Waals surface area (Å²) in [6.45, 7) is 0. The molecule has 0 heterocycles. The van der Waals surface area contributed by atoms with Crippen LogP contribution < -0.4 is 4.74 Å². The number of nitrogens with zero attached hydrogens (tertiary/aromatic N) is 2. The van der Waals surface area contributed by atoms with Crippen LogP contribution in [0, 0.1) is 0 Å². The Bertz CT molecular complexity index is 934. The minimum absolute atomic E-state index is 0.211. The molecule has 0 fully saturated rings. The highest BCUT2D eigenvalue weighted by molar-refractivity contribution is 6.05. The Morgan fingerprint density at radius 2 is 1.67 bits per heavy atom. The van der Waals surface area contributed by atoms with Gasteiger partial charge in [0.25, 0.3) is 0 Å². The first-order valence-corrected chi connectivity index (χ1v) is 7.14. The van der Waals surface area contributed by atoms with Gasteiger partial charge in [-0.25, -0.2) is 4.79 Å². The van der Waals surface area contributed by atoms with E-state index in [1.165, 1.54) is 6.07 Å². The molecule has 6 nitrogen and oxygen atoms in total. The highest BCUT2D eigenvalue weighted by Crippen LogP contribution is 2.36. The summed E-state index contributed by atoms with van der Waals surface area (Å²) in [5.74, 6) is -0.794. The van der Waals surface area contributed by atoms with Crippen molar-refractivity contribution in [3.63, 3.8) is 0 Å². The van der Waals surface area contributed by atoms with Crippen molar-refractivity contribution >= 4 is 28.1 Å². The first kappa shape index (κ1) is 15.5. The molecule has 120 valence electrons. The van der Waals surface area contributed by atoms with Crippen LogP contribution in [-0.4, -0.2) is 23.3 Å². The lowest BCUT2D eigenvalue weighted by Gasteiger charge is -2.07. The van der Waals surface area contributed by atoms with E-state index in [4.69, 9.17) is 4.74 Å². The second kappa shape index (κ2) is 6.37. The third kappa shape index (κ3) is 2.89. The van der Waals surface area contributed by atoms with Crippen molar-refractivity contribution in [2.45, 2.75) is 0 Å². The predicted octanol–water partition coefficient (Wildman–Crippen LogP) is 4.67. The van der Waals surface area contributed by atoms with Gasteiger partial charge in [0.1, 0.15) is 17.1 Å². The number of hydrogen-bond acceptors (Lipinski definition) is 5. The Morgan fingerprint density at radius 1 is 1.00 bits per heavy atom.